The Morgan fingerprint density at radius 3 is 2.47 bits per heavy atom. The van der Waals surface area contributed by atoms with Crippen LogP contribution >= 0.6 is 0 Å². The molecule has 0 bridgehead atoms. The number of nitrogens with zero attached hydrogens (tertiary/aromatic N) is 4. The molecule has 0 saturated heterocycles. The monoisotopic (exact) mass is 418 g/mol. The minimum atomic E-state index is -4.39. The van der Waals surface area contributed by atoms with Crippen molar-refractivity contribution < 1.29 is 18.0 Å². The molecule has 0 spiro atoms. The number of halogens is 3. The van der Waals surface area contributed by atoms with Crippen molar-refractivity contribution in [2.24, 2.45) is 0 Å². The third-order valence-electron chi connectivity index (χ3n) is 4.30. The second kappa shape index (κ2) is 8.93. The lowest BCUT2D eigenvalue weighted by Gasteiger charge is -2.11. The lowest BCUT2D eigenvalue weighted by atomic mass is 10.1. The third-order valence-corrected chi connectivity index (χ3v) is 4.30. The Bertz CT molecular complexity index is 1010. The quantitative estimate of drug-likeness (QED) is 0.576. The first-order valence-electron chi connectivity index (χ1n) is 9.25. The van der Waals surface area contributed by atoms with E-state index in [9.17, 15) is 18.0 Å². The summed E-state index contributed by atoms with van der Waals surface area (Å²) in [4.78, 5) is 24.9. The molecule has 2 heterocycles. The number of anilines is 1. The lowest BCUT2D eigenvalue weighted by molar-refractivity contribution is -0.137. The van der Waals surface area contributed by atoms with Gasteiger partial charge < -0.3 is 10.6 Å². The number of carbonyl (C=O) groups excluding carboxylic acids is 1. The van der Waals surface area contributed by atoms with Gasteiger partial charge in [-0.3, -0.25) is 9.36 Å². The fraction of sp³-hybridized carbons (Fsp3) is 0.300. The molecule has 3 aromatic rings. The van der Waals surface area contributed by atoms with Gasteiger partial charge in [0.1, 0.15) is 23.3 Å². The molecule has 0 unspecified atom stereocenters. The molecule has 0 aliphatic heterocycles. The van der Waals surface area contributed by atoms with Gasteiger partial charge in [0, 0.05) is 31.5 Å². The SMILES string of the molecule is Cc1nc(NCCNC(=O)Cc2ccc(C(F)(F)F)cc2)cc(-n2ccnc2C)n1. The number of imidazole rings is 1. The van der Waals surface area contributed by atoms with Crippen LogP contribution in [-0.4, -0.2) is 38.5 Å². The Balaban J connectivity index is 1.48. The number of benzene rings is 1. The highest BCUT2D eigenvalue weighted by Gasteiger charge is 2.29. The molecule has 0 saturated carbocycles. The Labute approximate surface area is 171 Å². The molecule has 7 nitrogen and oxygen atoms in total. The fourth-order valence-corrected chi connectivity index (χ4v) is 2.84. The summed E-state index contributed by atoms with van der Waals surface area (Å²) in [6.45, 7) is 4.42. The molecule has 10 heteroatoms. The van der Waals surface area contributed by atoms with Crippen molar-refractivity contribution in [1.82, 2.24) is 24.8 Å². The van der Waals surface area contributed by atoms with E-state index >= 15 is 0 Å². The van der Waals surface area contributed by atoms with E-state index in [4.69, 9.17) is 0 Å². The van der Waals surface area contributed by atoms with Gasteiger partial charge in [-0.05, 0) is 31.5 Å². The van der Waals surface area contributed by atoms with Crippen molar-refractivity contribution in [3.05, 3.63) is 65.5 Å². The molecule has 158 valence electrons. The predicted octanol–water partition coefficient (Wildman–Crippen LogP) is 3.07. The maximum Gasteiger partial charge on any atom is 0.416 e. The number of rotatable bonds is 7. The van der Waals surface area contributed by atoms with Gasteiger partial charge in [0.25, 0.3) is 0 Å². The smallest absolute Gasteiger partial charge is 0.368 e. The van der Waals surface area contributed by atoms with Crippen molar-refractivity contribution >= 4 is 11.7 Å². The molecular weight excluding hydrogens is 397 g/mol. The first-order chi connectivity index (χ1) is 14.2. The molecule has 0 aliphatic carbocycles. The molecule has 0 fully saturated rings. The Morgan fingerprint density at radius 2 is 1.83 bits per heavy atom. The van der Waals surface area contributed by atoms with E-state index in [1.807, 2.05) is 17.7 Å². The molecule has 0 radical (unpaired) electrons. The van der Waals surface area contributed by atoms with E-state index in [1.54, 1.807) is 19.2 Å². The van der Waals surface area contributed by atoms with Crippen molar-refractivity contribution in [1.29, 1.82) is 0 Å². The topological polar surface area (TPSA) is 84.7 Å². The van der Waals surface area contributed by atoms with Crippen molar-refractivity contribution in [2.75, 3.05) is 18.4 Å². The molecule has 30 heavy (non-hydrogen) atoms. The van der Waals surface area contributed by atoms with Gasteiger partial charge in [0.2, 0.25) is 5.91 Å². The number of amides is 1. The van der Waals surface area contributed by atoms with Crippen molar-refractivity contribution in [3.63, 3.8) is 0 Å². The maximum absolute atomic E-state index is 12.6. The maximum atomic E-state index is 12.6. The zero-order valence-corrected chi connectivity index (χ0v) is 16.5. The highest BCUT2D eigenvalue weighted by atomic mass is 19.4. The van der Waals surface area contributed by atoms with Crippen LogP contribution in [0.2, 0.25) is 0 Å². The zero-order valence-electron chi connectivity index (χ0n) is 16.5. The number of aryl methyl sites for hydroxylation is 2. The molecule has 1 amide bonds. The molecular formula is C20H21F3N6O. The van der Waals surface area contributed by atoms with Gasteiger partial charge in [0.15, 0.2) is 0 Å². The highest BCUT2D eigenvalue weighted by molar-refractivity contribution is 5.78. The Kier molecular flexibility index (Phi) is 6.34. The summed E-state index contributed by atoms with van der Waals surface area (Å²) in [6, 6.07) is 6.35. The normalized spacial score (nSPS) is 11.4. The van der Waals surface area contributed by atoms with Crippen LogP contribution in [0.25, 0.3) is 5.82 Å². The molecule has 0 aliphatic rings. The summed E-state index contributed by atoms with van der Waals surface area (Å²) in [5.41, 5.74) is -0.221. The number of hydrogen-bond acceptors (Lipinski definition) is 5. The third kappa shape index (κ3) is 5.56. The van der Waals surface area contributed by atoms with Gasteiger partial charge in [-0.25, -0.2) is 15.0 Å². The fourth-order valence-electron chi connectivity index (χ4n) is 2.84. The molecule has 0 atom stereocenters. The number of nitrogens with one attached hydrogen (secondary N) is 2. The van der Waals surface area contributed by atoms with Crippen LogP contribution in [0.1, 0.15) is 22.8 Å². The standard InChI is InChI=1S/C20H21F3N6O/c1-13-27-17(12-18(28-13)29-10-9-24-14(29)2)25-7-8-26-19(30)11-15-3-5-16(6-4-15)20(21,22)23/h3-6,9-10,12H,7-8,11H2,1-2H3,(H,26,30)(H,25,27,28). The van der Waals surface area contributed by atoms with E-state index in [2.05, 4.69) is 25.6 Å². The molecule has 2 N–H and O–H groups in total. The van der Waals surface area contributed by atoms with Crippen LogP contribution in [0.15, 0.2) is 42.7 Å². The first kappa shape index (κ1) is 21.3. The lowest BCUT2D eigenvalue weighted by Crippen LogP contribution is -2.30. The minimum Gasteiger partial charge on any atom is -0.368 e. The van der Waals surface area contributed by atoms with Crippen LogP contribution in [-0.2, 0) is 17.4 Å². The Morgan fingerprint density at radius 1 is 1.10 bits per heavy atom. The summed E-state index contributed by atoms with van der Waals surface area (Å²) in [5.74, 6) is 2.42. The summed E-state index contributed by atoms with van der Waals surface area (Å²) in [5, 5.41) is 5.86. The van der Waals surface area contributed by atoms with Gasteiger partial charge in [0.05, 0.1) is 12.0 Å². The van der Waals surface area contributed by atoms with Crippen LogP contribution in [0.3, 0.4) is 0 Å². The summed E-state index contributed by atoms with van der Waals surface area (Å²) >= 11 is 0. The van der Waals surface area contributed by atoms with Gasteiger partial charge in [-0.1, -0.05) is 12.1 Å². The number of alkyl halides is 3. The van der Waals surface area contributed by atoms with Crippen molar-refractivity contribution in [3.8, 4) is 5.82 Å². The molecule has 3 rings (SSSR count). The van der Waals surface area contributed by atoms with Crippen LogP contribution in [0.4, 0.5) is 19.0 Å². The number of carbonyl (C=O) groups is 1. The van der Waals surface area contributed by atoms with Gasteiger partial charge in [-0.15, -0.1) is 0 Å². The van der Waals surface area contributed by atoms with E-state index < -0.39 is 11.7 Å². The molecule has 1 aromatic carbocycles. The van der Waals surface area contributed by atoms with Gasteiger partial charge in [-0.2, -0.15) is 13.2 Å². The van der Waals surface area contributed by atoms with Crippen molar-refractivity contribution in [2.45, 2.75) is 26.4 Å². The highest BCUT2D eigenvalue weighted by Crippen LogP contribution is 2.29. The van der Waals surface area contributed by atoms with Crippen LogP contribution < -0.4 is 10.6 Å². The zero-order chi connectivity index (χ0) is 21.7. The van der Waals surface area contributed by atoms with Crippen LogP contribution in [0, 0.1) is 13.8 Å². The average Bonchev–Trinajstić information content (AvgIpc) is 3.10. The largest absolute Gasteiger partial charge is 0.416 e. The Hall–Kier alpha value is -3.43. The van der Waals surface area contributed by atoms with E-state index in [0.29, 0.717) is 36.1 Å². The number of aromatic nitrogens is 4. The predicted molar refractivity (Wildman–Crippen MR) is 105 cm³/mol. The second-order valence-electron chi connectivity index (χ2n) is 6.65. The minimum absolute atomic E-state index is 0.00874. The van der Waals surface area contributed by atoms with E-state index in [1.165, 1.54) is 12.1 Å². The number of hydrogen-bond donors (Lipinski definition) is 2. The summed E-state index contributed by atoms with van der Waals surface area (Å²) in [6.07, 6.45) is -0.883. The second-order valence-corrected chi connectivity index (χ2v) is 6.65. The van der Waals surface area contributed by atoms with Crippen LogP contribution in [0.5, 0.6) is 0 Å². The van der Waals surface area contributed by atoms with E-state index in [0.717, 1.165) is 18.0 Å². The van der Waals surface area contributed by atoms with E-state index in [-0.39, 0.29) is 12.3 Å². The summed E-state index contributed by atoms with van der Waals surface area (Å²) < 4.78 is 39.6. The summed E-state index contributed by atoms with van der Waals surface area (Å²) in [7, 11) is 0. The average molecular weight is 418 g/mol. The molecule has 2 aromatic heterocycles. The first-order valence-corrected chi connectivity index (χ1v) is 9.25. The van der Waals surface area contributed by atoms with Gasteiger partial charge >= 0.3 is 6.18 Å².